The van der Waals surface area contributed by atoms with Gasteiger partial charge in [-0.15, -0.1) is 0 Å². The quantitative estimate of drug-likeness (QED) is 0.688. The zero-order chi connectivity index (χ0) is 10.3. The Morgan fingerprint density at radius 1 is 1.15 bits per heavy atom. The zero-order valence-electron chi connectivity index (χ0n) is 9.69. The molecule has 1 heteroatoms. The van der Waals surface area contributed by atoms with E-state index < -0.39 is 0 Å². The Balaban J connectivity index is 0.000000671. The Hall–Kier alpha value is -0.460. The fraction of sp³-hybridized carbons (Fsp3) is 0.833. The standard InChI is InChI=1S/C10H19N.C2H6/c1-8(2)11-10-6-4-9(3)5-7-10;1-2/h9-11H,1,4-7H2,2-3H3;1-2H3. The first-order valence-electron chi connectivity index (χ1n) is 5.60. The average Bonchev–Trinajstić information content (AvgIpc) is 2.12. The molecule has 78 valence electrons. The van der Waals surface area contributed by atoms with Crippen LogP contribution in [0.2, 0.25) is 0 Å². The molecule has 0 aromatic carbocycles. The Morgan fingerprint density at radius 2 is 1.62 bits per heavy atom. The molecule has 1 fully saturated rings. The van der Waals surface area contributed by atoms with Crippen molar-refractivity contribution in [3.05, 3.63) is 12.3 Å². The number of nitrogens with one attached hydrogen (secondary N) is 1. The van der Waals surface area contributed by atoms with E-state index in [0.717, 1.165) is 11.6 Å². The molecule has 0 unspecified atom stereocenters. The van der Waals surface area contributed by atoms with Crippen molar-refractivity contribution in [3.63, 3.8) is 0 Å². The van der Waals surface area contributed by atoms with E-state index in [9.17, 15) is 0 Å². The average molecular weight is 183 g/mol. The van der Waals surface area contributed by atoms with Gasteiger partial charge in [-0.05, 0) is 38.5 Å². The molecule has 0 aromatic rings. The summed E-state index contributed by atoms with van der Waals surface area (Å²) in [6, 6.07) is 0.712. The van der Waals surface area contributed by atoms with Crippen molar-refractivity contribution in [2.75, 3.05) is 0 Å². The van der Waals surface area contributed by atoms with E-state index in [4.69, 9.17) is 0 Å². The molecule has 0 radical (unpaired) electrons. The topological polar surface area (TPSA) is 12.0 Å². The summed E-state index contributed by atoms with van der Waals surface area (Å²) < 4.78 is 0. The van der Waals surface area contributed by atoms with Crippen LogP contribution >= 0.6 is 0 Å². The maximum absolute atomic E-state index is 3.86. The van der Waals surface area contributed by atoms with Gasteiger partial charge in [0.15, 0.2) is 0 Å². The van der Waals surface area contributed by atoms with Gasteiger partial charge in [-0.3, -0.25) is 0 Å². The highest BCUT2D eigenvalue weighted by atomic mass is 14.9. The number of allylic oxidation sites excluding steroid dienone is 1. The molecule has 0 aliphatic heterocycles. The SMILES string of the molecule is C=C(C)NC1CCC(C)CC1.CC. The lowest BCUT2D eigenvalue weighted by atomic mass is 9.87. The molecule has 13 heavy (non-hydrogen) atoms. The first-order valence-corrected chi connectivity index (χ1v) is 5.60. The van der Waals surface area contributed by atoms with Crippen LogP contribution in [0.5, 0.6) is 0 Å². The summed E-state index contributed by atoms with van der Waals surface area (Å²) in [4.78, 5) is 0. The van der Waals surface area contributed by atoms with E-state index in [2.05, 4.69) is 18.8 Å². The smallest absolute Gasteiger partial charge is 0.0258 e. The summed E-state index contributed by atoms with van der Waals surface area (Å²) in [5, 5.41) is 3.41. The molecular weight excluding hydrogens is 158 g/mol. The Labute approximate surface area is 83.6 Å². The summed E-state index contributed by atoms with van der Waals surface area (Å²) in [7, 11) is 0. The third-order valence-corrected chi connectivity index (χ3v) is 2.47. The van der Waals surface area contributed by atoms with E-state index in [0.29, 0.717) is 6.04 Å². The van der Waals surface area contributed by atoms with Gasteiger partial charge in [0.1, 0.15) is 0 Å². The van der Waals surface area contributed by atoms with E-state index in [1.54, 1.807) is 0 Å². The molecule has 1 nitrogen and oxygen atoms in total. The molecule has 0 heterocycles. The normalized spacial score (nSPS) is 27.1. The molecule has 1 saturated carbocycles. The molecule has 1 aliphatic rings. The summed E-state index contributed by atoms with van der Waals surface area (Å²) in [6.07, 6.45) is 5.41. The number of rotatable bonds is 2. The van der Waals surface area contributed by atoms with Crippen LogP contribution in [0.15, 0.2) is 12.3 Å². The van der Waals surface area contributed by atoms with Gasteiger partial charge in [0, 0.05) is 11.7 Å². The minimum Gasteiger partial charge on any atom is -0.386 e. The Bertz CT molecular complexity index is 132. The highest BCUT2D eigenvalue weighted by molar-refractivity contribution is 4.90. The second-order valence-electron chi connectivity index (χ2n) is 3.88. The molecule has 1 aliphatic carbocycles. The van der Waals surface area contributed by atoms with Gasteiger partial charge in [-0.25, -0.2) is 0 Å². The van der Waals surface area contributed by atoms with Gasteiger partial charge >= 0.3 is 0 Å². The van der Waals surface area contributed by atoms with Gasteiger partial charge in [0.2, 0.25) is 0 Å². The minimum atomic E-state index is 0.712. The number of hydrogen-bond acceptors (Lipinski definition) is 1. The van der Waals surface area contributed by atoms with Crippen molar-refractivity contribution < 1.29 is 0 Å². The first-order chi connectivity index (χ1) is 6.18. The molecule has 0 amide bonds. The van der Waals surface area contributed by atoms with Crippen molar-refractivity contribution in [1.82, 2.24) is 5.32 Å². The predicted octanol–water partition coefficient (Wildman–Crippen LogP) is 3.71. The molecular formula is C12H25N. The second-order valence-corrected chi connectivity index (χ2v) is 3.88. The van der Waals surface area contributed by atoms with E-state index in [-0.39, 0.29) is 0 Å². The third kappa shape index (κ3) is 5.73. The lowest BCUT2D eigenvalue weighted by Crippen LogP contribution is -2.30. The van der Waals surface area contributed by atoms with Gasteiger partial charge in [-0.1, -0.05) is 27.4 Å². The van der Waals surface area contributed by atoms with Crippen LogP contribution in [0.4, 0.5) is 0 Å². The summed E-state index contributed by atoms with van der Waals surface area (Å²) in [6.45, 7) is 12.2. The van der Waals surface area contributed by atoms with Crippen LogP contribution in [0, 0.1) is 5.92 Å². The van der Waals surface area contributed by atoms with Crippen molar-refractivity contribution in [2.45, 2.75) is 59.4 Å². The van der Waals surface area contributed by atoms with Gasteiger partial charge in [0.05, 0.1) is 0 Å². The summed E-state index contributed by atoms with van der Waals surface area (Å²) in [5.41, 5.74) is 1.12. The minimum absolute atomic E-state index is 0.712. The fourth-order valence-electron chi connectivity index (χ4n) is 1.75. The molecule has 0 saturated heterocycles. The van der Waals surface area contributed by atoms with Crippen molar-refractivity contribution in [1.29, 1.82) is 0 Å². The fourth-order valence-corrected chi connectivity index (χ4v) is 1.75. The molecule has 0 spiro atoms. The lowest BCUT2D eigenvalue weighted by molar-refractivity contribution is 0.321. The van der Waals surface area contributed by atoms with Crippen LogP contribution in [0.25, 0.3) is 0 Å². The number of hydrogen-bond donors (Lipinski definition) is 1. The van der Waals surface area contributed by atoms with E-state index in [1.165, 1.54) is 25.7 Å². The first kappa shape index (κ1) is 12.5. The molecule has 0 aromatic heterocycles. The lowest BCUT2D eigenvalue weighted by Gasteiger charge is -2.27. The third-order valence-electron chi connectivity index (χ3n) is 2.47. The van der Waals surface area contributed by atoms with Crippen molar-refractivity contribution in [2.24, 2.45) is 5.92 Å². The molecule has 0 bridgehead atoms. The Morgan fingerprint density at radius 3 is 2.00 bits per heavy atom. The van der Waals surface area contributed by atoms with Crippen LogP contribution in [0.1, 0.15) is 53.4 Å². The monoisotopic (exact) mass is 183 g/mol. The summed E-state index contributed by atoms with van der Waals surface area (Å²) in [5.74, 6) is 0.943. The summed E-state index contributed by atoms with van der Waals surface area (Å²) >= 11 is 0. The molecule has 1 rings (SSSR count). The van der Waals surface area contributed by atoms with Gasteiger partial charge in [-0.2, -0.15) is 0 Å². The maximum Gasteiger partial charge on any atom is 0.0258 e. The van der Waals surface area contributed by atoms with E-state index in [1.807, 2.05) is 20.8 Å². The molecule has 0 atom stereocenters. The van der Waals surface area contributed by atoms with Crippen LogP contribution in [-0.2, 0) is 0 Å². The van der Waals surface area contributed by atoms with Crippen LogP contribution in [0.3, 0.4) is 0 Å². The van der Waals surface area contributed by atoms with Gasteiger partial charge in [0.25, 0.3) is 0 Å². The largest absolute Gasteiger partial charge is 0.386 e. The predicted molar refractivity (Wildman–Crippen MR) is 60.7 cm³/mol. The van der Waals surface area contributed by atoms with E-state index >= 15 is 0 Å². The van der Waals surface area contributed by atoms with Crippen LogP contribution < -0.4 is 5.32 Å². The second kappa shape index (κ2) is 6.99. The van der Waals surface area contributed by atoms with Gasteiger partial charge < -0.3 is 5.32 Å². The maximum atomic E-state index is 3.86. The molecule has 1 N–H and O–H groups in total. The van der Waals surface area contributed by atoms with Crippen molar-refractivity contribution in [3.8, 4) is 0 Å². The van der Waals surface area contributed by atoms with Crippen LogP contribution in [-0.4, -0.2) is 6.04 Å². The highest BCUT2D eigenvalue weighted by Crippen LogP contribution is 2.23. The zero-order valence-corrected chi connectivity index (χ0v) is 9.69. The highest BCUT2D eigenvalue weighted by Gasteiger charge is 2.16. The van der Waals surface area contributed by atoms with Crippen molar-refractivity contribution >= 4 is 0 Å². The Kier molecular flexibility index (Phi) is 6.75.